The fourth-order valence-corrected chi connectivity index (χ4v) is 1.58. The Morgan fingerprint density at radius 3 is 2.72 bits per heavy atom. The van der Waals surface area contributed by atoms with Crippen molar-refractivity contribution >= 4 is 5.97 Å². The summed E-state index contributed by atoms with van der Waals surface area (Å²) in [7, 11) is 0. The second kappa shape index (κ2) is 5.46. The third-order valence-corrected chi connectivity index (χ3v) is 2.46. The topological polar surface area (TPSA) is 72.6 Å². The first-order chi connectivity index (χ1) is 8.66. The molecule has 94 valence electrons. The first kappa shape index (κ1) is 12.3. The second-order valence-corrected chi connectivity index (χ2v) is 3.84. The second-order valence-electron chi connectivity index (χ2n) is 3.84. The van der Waals surface area contributed by atoms with Crippen molar-refractivity contribution in [2.75, 3.05) is 0 Å². The highest BCUT2D eigenvalue weighted by molar-refractivity contribution is 5.88. The number of aromatic nitrogens is 1. The largest absolute Gasteiger partial charge is 0.478 e. The number of nitrogens with zero attached hydrogens (tertiary/aromatic N) is 1. The van der Waals surface area contributed by atoms with Crippen molar-refractivity contribution in [1.82, 2.24) is 4.98 Å². The molecule has 2 heterocycles. The number of pyridine rings is 1. The van der Waals surface area contributed by atoms with Crippen molar-refractivity contribution in [2.45, 2.75) is 20.1 Å². The van der Waals surface area contributed by atoms with Crippen LogP contribution >= 0.6 is 0 Å². The summed E-state index contributed by atoms with van der Waals surface area (Å²) in [6.07, 6.45) is 3.39. The van der Waals surface area contributed by atoms with E-state index < -0.39 is 5.97 Å². The maximum absolute atomic E-state index is 10.8. The molecule has 0 radical (unpaired) electrons. The van der Waals surface area contributed by atoms with Crippen molar-refractivity contribution in [3.63, 3.8) is 0 Å². The molecule has 0 aliphatic heterocycles. The van der Waals surface area contributed by atoms with Crippen LogP contribution in [-0.4, -0.2) is 16.1 Å². The van der Waals surface area contributed by atoms with Gasteiger partial charge < -0.3 is 14.3 Å². The predicted molar refractivity (Wildman–Crippen MR) is 63.1 cm³/mol. The van der Waals surface area contributed by atoms with Crippen molar-refractivity contribution in [3.05, 3.63) is 53.2 Å². The Hall–Kier alpha value is -2.14. The minimum atomic E-state index is -0.989. The highest BCUT2D eigenvalue weighted by Gasteiger charge is 2.13. The summed E-state index contributed by atoms with van der Waals surface area (Å²) in [5.41, 5.74) is 1.18. The molecule has 0 amide bonds. The third kappa shape index (κ3) is 2.95. The number of ether oxygens (including phenoxy) is 1. The van der Waals surface area contributed by atoms with Crippen LogP contribution in [0.3, 0.4) is 0 Å². The van der Waals surface area contributed by atoms with Gasteiger partial charge in [0.05, 0.1) is 6.61 Å². The molecule has 0 aliphatic rings. The number of aryl methyl sites for hydroxylation is 1. The summed E-state index contributed by atoms with van der Waals surface area (Å²) in [4.78, 5) is 14.7. The number of rotatable bonds is 5. The minimum absolute atomic E-state index is 0.178. The summed E-state index contributed by atoms with van der Waals surface area (Å²) in [5.74, 6) is -0.0828. The zero-order valence-corrected chi connectivity index (χ0v) is 9.92. The lowest BCUT2D eigenvalue weighted by Gasteiger charge is -2.01. The smallest absolute Gasteiger partial charge is 0.339 e. The molecule has 0 fully saturated rings. The van der Waals surface area contributed by atoms with Crippen molar-refractivity contribution in [3.8, 4) is 0 Å². The lowest BCUT2D eigenvalue weighted by Crippen LogP contribution is -1.95. The maximum atomic E-state index is 10.8. The van der Waals surface area contributed by atoms with Gasteiger partial charge in [-0.2, -0.15) is 0 Å². The molecule has 18 heavy (non-hydrogen) atoms. The van der Waals surface area contributed by atoms with Gasteiger partial charge >= 0.3 is 5.97 Å². The number of carbonyl (C=O) groups is 1. The van der Waals surface area contributed by atoms with Gasteiger partial charge in [0, 0.05) is 12.4 Å². The molecule has 1 N–H and O–H groups in total. The van der Waals surface area contributed by atoms with E-state index in [9.17, 15) is 4.79 Å². The van der Waals surface area contributed by atoms with E-state index in [0.717, 1.165) is 5.56 Å². The molecule has 0 unspecified atom stereocenters. The van der Waals surface area contributed by atoms with Crippen LogP contribution < -0.4 is 0 Å². The van der Waals surface area contributed by atoms with E-state index in [4.69, 9.17) is 14.3 Å². The zero-order chi connectivity index (χ0) is 13.0. The summed E-state index contributed by atoms with van der Waals surface area (Å²) < 4.78 is 10.7. The van der Waals surface area contributed by atoms with Crippen LogP contribution in [-0.2, 0) is 18.0 Å². The molecule has 0 saturated heterocycles. The van der Waals surface area contributed by atoms with Gasteiger partial charge in [0.1, 0.15) is 23.7 Å². The molecule has 0 bridgehead atoms. The van der Waals surface area contributed by atoms with E-state index in [2.05, 4.69) is 4.98 Å². The monoisotopic (exact) mass is 247 g/mol. The number of aromatic carboxylic acids is 1. The molecular formula is C13H13NO4. The minimum Gasteiger partial charge on any atom is -0.478 e. The molecule has 0 spiro atoms. The van der Waals surface area contributed by atoms with Crippen LogP contribution in [0, 0.1) is 6.92 Å². The van der Waals surface area contributed by atoms with Crippen molar-refractivity contribution < 1.29 is 19.1 Å². The quantitative estimate of drug-likeness (QED) is 0.878. The molecular weight excluding hydrogens is 234 g/mol. The van der Waals surface area contributed by atoms with E-state index in [1.165, 1.54) is 6.07 Å². The van der Waals surface area contributed by atoms with E-state index in [0.29, 0.717) is 18.1 Å². The average molecular weight is 247 g/mol. The molecule has 5 heteroatoms. The SMILES string of the molecule is Cc1oc(COCc2ccncc2)cc1C(=O)O. The van der Waals surface area contributed by atoms with Gasteiger partial charge in [0.2, 0.25) is 0 Å². The average Bonchev–Trinajstić information content (AvgIpc) is 2.72. The molecule has 0 aromatic carbocycles. The summed E-state index contributed by atoms with van der Waals surface area (Å²) in [5, 5.41) is 8.87. The van der Waals surface area contributed by atoms with Gasteiger partial charge in [-0.1, -0.05) is 0 Å². The molecule has 0 atom stereocenters. The Balaban J connectivity index is 1.91. The molecule has 2 aromatic heterocycles. The predicted octanol–water partition coefficient (Wildman–Crippen LogP) is 2.40. The van der Waals surface area contributed by atoms with Crippen LogP contribution in [0.25, 0.3) is 0 Å². The first-order valence-electron chi connectivity index (χ1n) is 5.46. The van der Waals surface area contributed by atoms with E-state index >= 15 is 0 Å². The third-order valence-electron chi connectivity index (χ3n) is 2.46. The van der Waals surface area contributed by atoms with Gasteiger partial charge in [0.25, 0.3) is 0 Å². The van der Waals surface area contributed by atoms with E-state index in [1.54, 1.807) is 19.3 Å². The lowest BCUT2D eigenvalue weighted by molar-refractivity contribution is 0.0695. The number of carboxylic acids is 1. The number of furan rings is 1. The van der Waals surface area contributed by atoms with Crippen LogP contribution in [0.4, 0.5) is 0 Å². The van der Waals surface area contributed by atoms with Crippen LogP contribution in [0.1, 0.15) is 27.4 Å². The Kier molecular flexibility index (Phi) is 3.74. The Morgan fingerprint density at radius 2 is 2.11 bits per heavy atom. The fourth-order valence-electron chi connectivity index (χ4n) is 1.58. The Morgan fingerprint density at radius 1 is 1.39 bits per heavy atom. The highest BCUT2D eigenvalue weighted by Crippen LogP contribution is 2.15. The van der Waals surface area contributed by atoms with Gasteiger partial charge in [-0.3, -0.25) is 4.98 Å². The lowest BCUT2D eigenvalue weighted by atomic mass is 10.2. The van der Waals surface area contributed by atoms with Gasteiger partial charge in [0.15, 0.2) is 0 Å². The van der Waals surface area contributed by atoms with Crippen LogP contribution in [0.2, 0.25) is 0 Å². The highest BCUT2D eigenvalue weighted by atomic mass is 16.5. The zero-order valence-electron chi connectivity index (χ0n) is 9.92. The summed E-state index contributed by atoms with van der Waals surface area (Å²) in [6.45, 7) is 2.30. The Labute approximate surface area is 104 Å². The number of hydrogen-bond acceptors (Lipinski definition) is 4. The first-order valence-corrected chi connectivity index (χ1v) is 5.46. The summed E-state index contributed by atoms with van der Waals surface area (Å²) in [6, 6.07) is 5.20. The van der Waals surface area contributed by atoms with Gasteiger partial charge in [-0.15, -0.1) is 0 Å². The molecule has 2 aromatic rings. The number of carboxylic acid groups (broad SMARTS) is 1. The van der Waals surface area contributed by atoms with Gasteiger partial charge in [-0.25, -0.2) is 4.79 Å². The normalized spacial score (nSPS) is 10.5. The van der Waals surface area contributed by atoms with Crippen molar-refractivity contribution in [2.24, 2.45) is 0 Å². The fraction of sp³-hybridized carbons (Fsp3) is 0.231. The standard InChI is InChI=1S/C13H13NO4/c1-9-12(13(15)16)6-11(18-9)8-17-7-10-2-4-14-5-3-10/h2-6H,7-8H2,1H3,(H,15,16). The Bertz CT molecular complexity index is 533. The summed E-state index contributed by atoms with van der Waals surface area (Å²) >= 11 is 0. The number of hydrogen-bond donors (Lipinski definition) is 1. The van der Waals surface area contributed by atoms with Crippen LogP contribution in [0.15, 0.2) is 35.0 Å². The molecule has 0 aliphatic carbocycles. The molecule has 0 saturated carbocycles. The van der Waals surface area contributed by atoms with Gasteiger partial charge in [-0.05, 0) is 30.7 Å². The van der Waals surface area contributed by atoms with Crippen molar-refractivity contribution in [1.29, 1.82) is 0 Å². The van der Waals surface area contributed by atoms with E-state index in [-0.39, 0.29) is 12.2 Å². The van der Waals surface area contributed by atoms with Crippen LogP contribution in [0.5, 0.6) is 0 Å². The van der Waals surface area contributed by atoms with E-state index in [1.807, 2.05) is 12.1 Å². The molecule has 5 nitrogen and oxygen atoms in total. The maximum Gasteiger partial charge on any atom is 0.339 e. The molecule has 2 rings (SSSR count).